The fourth-order valence-corrected chi connectivity index (χ4v) is 7.51. The second kappa shape index (κ2) is 11.5. The molecule has 3 aromatic heterocycles. The number of rotatable bonds is 5. The number of hydrogen-bond acceptors (Lipinski definition) is 4. The Hall–Kier alpha value is -6.62. The van der Waals surface area contributed by atoms with E-state index in [0.29, 0.717) is 5.56 Å². The van der Waals surface area contributed by atoms with Gasteiger partial charge in [-0.2, -0.15) is 0 Å². The van der Waals surface area contributed by atoms with Crippen LogP contribution in [0.4, 0.5) is 17.1 Å². The molecule has 0 spiro atoms. The van der Waals surface area contributed by atoms with E-state index in [1.165, 1.54) is 29.2 Å². The van der Waals surface area contributed by atoms with Gasteiger partial charge >= 0.3 is 0 Å². The van der Waals surface area contributed by atoms with E-state index in [0.717, 1.165) is 11.3 Å². The van der Waals surface area contributed by atoms with E-state index in [1.54, 1.807) is 24.3 Å². The van der Waals surface area contributed by atoms with E-state index in [-0.39, 0.29) is 110 Å². The molecule has 0 fully saturated rings. The summed E-state index contributed by atoms with van der Waals surface area (Å²) in [6.45, 7) is 0. The monoisotopic (exact) mass is 704 g/mol. The van der Waals surface area contributed by atoms with Crippen molar-refractivity contribution < 1.29 is 37.6 Å². The maximum Gasteiger partial charge on any atom is 0.143 e. The number of benzene rings is 8. The van der Waals surface area contributed by atoms with Crippen molar-refractivity contribution in [1.29, 1.82) is 0 Å². The van der Waals surface area contributed by atoms with Gasteiger partial charge in [0.15, 0.2) is 0 Å². The first kappa shape index (κ1) is 15.3. The molecular formula is C48H29NO2S. The van der Waals surface area contributed by atoms with Crippen LogP contribution in [0.3, 0.4) is 0 Å². The fraction of sp³-hybridized carbons (Fsp3) is 0. The Kier molecular flexibility index (Phi) is 3.38. The number of hydrogen-bond donors (Lipinski definition) is 0. The van der Waals surface area contributed by atoms with E-state index in [1.807, 2.05) is 0 Å². The molecule has 0 aliphatic carbocycles. The van der Waals surface area contributed by atoms with Crippen LogP contribution in [-0.4, -0.2) is 0 Å². The van der Waals surface area contributed by atoms with Crippen molar-refractivity contribution in [2.75, 3.05) is 4.90 Å². The van der Waals surface area contributed by atoms with Crippen LogP contribution in [0.2, 0.25) is 0 Å². The van der Waals surface area contributed by atoms with Crippen molar-refractivity contribution in [3.05, 3.63) is 175 Å². The average molecular weight is 705 g/mol. The van der Waals surface area contributed by atoms with E-state index in [4.69, 9.17) is 33.5 Å². The highest BCUT2D eigenvalue weighted by Crippen LogP contribution is 2.43. The molecule has 0 bridgehead atoms. The molecule has 11 aromatic rings. The molecule has 3 nitrogen and oxygen atoms in total. The summed E-state index contributed by atoms with van der Waals surface area (Å²) >= 11 is 0.953. The minimum absolute atomic E-state index is 0.0230. The molecule has 4 heteroatoms. The number of fused-ring (bicyclic) bond motifs is 9. The molecule has 0 radical (unpaired) electrons. The third kappa shape index (κ3) is 4.51. The fourth-order valence-electron chi connectivity index (χ4n) is 6.43. The molecule has 0 saturated carbocycles. The summed E-state index contributed by atoms with van der Waals surface area (Å²) in [5.74, 6) is 0. The lowest BCUT2D eigenvalue weighted by atomic mass is 10.0. The highest BCUT2D eigenvalue weighted by molar-refractivity contribution is 7.26. The Morgan fingerprint density at radius 1 is 0.423 bits per heavy atom. The van der Waals surface area contributed by atoms with E-state index < -0.39 is 115 Å². The van der Waals surface area contributed by atoms with Crippen molar-refractivity contribution in [3.8, 4) is 22.3 Å². The van der Waals surface area contributed by atoms with E-state index >= 15 is 0 Å². The summed E-state index contributed by atoms with van der Waals surface area (Å²) in [5, 5.41) is -0.513. The van der Waals surface area contributed by atoms with Gasteiger partial charge in [-0.15, -0.1) is 11.3 Å². The van der Waals surface area contributed by atoms with Crippen LogP contribution in [0, 0.1) is 0 Å². The van der Waals surface area contributed by atoms with Gasteiger partial charge in [0.2, 0.25) is 0 Å². The number of para-hydroxylation sites is 3. The zero-order valence-corrected chi connectivity index (χ0v) is 27.1. The van der Waals surface area contributed by atoms with Gasteiger partial charge < -0.3 is 13.7 Å². The first-order valence-electron chi connectivity index (χ1n) is 26.3. The maximum atomic E-state index is 9.59. The van der Waals surface area contributed by atoms with Crippen LogP contribution in [-0.2, 0) is 0 Å². The van der Waals surface area contributed by atoms with Gasteiger partial charge in [0, 0.05) is 70.4 Å². The minimum atomic E-state index is -0.614. The minimum Gasteiger partial charge on any atom is -0.456 e. The smallest absolute Gasteiger partial charge is 0.143 e. The summed E-state index contributed by atoms with van der Waals surface area (Å²) in [6, 6.07) is 1.64. The van der Waals surface area contributed by atoms with Crippen molar-refractivity contribution in [2.45, 2.75) is 0 Å². The molecule has 0 N–H and O–H groups in total. The van der Waals surface area contributed by atoms with Crippen LogP contribution in [0.5, 0.6) is 0 Å². The lowest BCUT2D eigenvalue weighted by molar-refractivity contribution is 0.669. The zero-order valence-electron chi connectivity index (χ0n) is 47.3. The van der Waals surface area contributed by atoms with Gasteiger partial charge in [0.25, 0.3) is 0 Å². The van der Waals surface area contributed by atoms with Crippen LogP contribution in [0.25, 0.3) is 86.3 Å². The van der Waals surface area contributed by atoms with E-state index in [2.05, 4.69) is 0 Å². The Balaban J connectivity index is 1.15. The van der Waals surface area contributed by atoms with Crippen LogP contribution < -0.4 is 4.90 Å². The summed E-state index contributed by atoms with van der Waals surface area (Å²) in [4.78, 5) is 1.41. The SMILES string of the molecule is [2H]c1c([2H])c([2H])c2c(oc3c([2H])c(N(c4ccc(-c5c([2H])c([2H])c([2H])c6c5oc5c([2H])c([2H])c([2H])c([2H])c56)cc4)c4ccc(-c5c([2H])c([2H])c([2H])c6c5sc5c([2H])c([2H])c([2H])c([2H])c56)cc4)c([2H])c([2H])c32)c1[2H]. The second-order valence-corrected chi connectivity index (χ2v) is 12.7. The first-order chi connectivity index (χ1) is 34.5. The van der Waals surface area contributed by atoms with Crippen LogP contribution >= 0.6 is 11.3 Å². The molecule has 0 amide bonds. The topological polar surface area (TPSA) is 29.5 Å². The molecule has 0 saturated heterocycles. The molecule has 3 heterocycles. The predicted octanol–water partition coefficient (Wildman–Crippen LogP) is 14.7. The summed E-state index contributed by atoms with van der Waals surface area (Å²) in [6.07, 6.45) is 0. The summed E-state index contributed by atoms with van der Waals surface area (Å²) in [7, 11) is 0. The molecule has 0 atom stereocenters. The van der Waals surface area contributed by atoms with Gasteiger partial charge in [-0.1, -0.05) is 115 Å². The lowest BCUT2D eigenvalue weighted by Crippen LogP contribution is -2.09. The predicted molar refractivity (Wildman–Crippen MR) is 219 cm³/mol. The van der Waals surface area contributed by atoms with Crippen LogP contribution in [0.1, 0.15) is 28.8 Å². The average Bonchev–Trinajstić information content (AvgIpc) is 4.11. The van der Waals surface area contributed by atoms with Gasteiger partial charge in [0.1, 0.15) is 22.3 Å². The zero-order chi connectivity index (χ0) is 52.4. The molecule has 0 unspecified atom stereocenters. The third-order valence-corrected chi connectivity index (χ3v) is 9.92. The lowest BCUT2D eigenvalue weighted by Gasteiger charge is -2.26. The quantitative estimate of drug-likeness (QED) is 0.179. The summed E-state index contributed by atoms with van der Waals surface area (Å²) in [5.41, 5.74) is -0.230. The number of furan rings is 2. The summed E-state index contributed by atoms with van der Waals surface area (Å²) < 4.78 is 195. The third-order valence-electron chi connectivity index (χ3n) is 8.80. The molecular weight excluding hydrogens is 655 g/mol. The highest BCUT2D eigenvalue weighted by Gasteiger charge is 2.18. The Bertz CT molecular complexity index is 4140. The number of nitrogens with zero attached hydrogens (tertiary/aromatic N) is 1. The van der Waals surface area contributed by atoms with Gasteiger partial charge in [0.05, 0.1) is 28.8 Å². The van der Waals surface area contributed by atoms with Crippen LogP contribution in [0.15, 0.2) is 184 Å². The van der Waals surface area contributed by atoms with Crippen molar-refractivity contribution in [1.82, 2.24) is 0 Å². The number of thiophene rings is 1. The molecule has 11 rings (SSSR count). The normalized spacial score (nSPS) is 17.5. The molecule has 52 heavy (non-hydrogen) atoms. The van der Waals surface area contributed by atoms with Gasteiger partial charge in [-0.25, -0.2) is 0 Å². The largest absolute Gasteiger partial charge is 0.456 e. The molecule has 244 valence electrons. The molecule has 8 aromatic carbocycles. The Labute approximate surface area is 332 Å². The van der Waals surface area contributed by atoms with Gasteiger partial charge in [-0.3, -0.25) is 0 Å². The van der Waals surface area contributed by atoms with Crippen molar-refractivity contribution >= 4 is 92.4 Å². The molecule has 0 aliphatic heterocycles. The van der Waals surface area contributed by atoms with E-state index in [9.17, 15) is 4.11 Å². The standard InChI is InChI=1S/C48H29NO2S/c1-4-16-43-37(9-1)39-28-27-34(29-45(39)50-43)49(32-23-19-30(20-24-32)35-12-7-14-41-38-10-2-5-17-44(38)51-47(35)41)33-25-21-31(22-26-33)36-13-8-15-42-40-11-3-6-18-46(40)52-48(36)42/h1-29H/i1D,2D,3D,4D,5D,6D,7D,8D,9D,10D,11D,12D,13D,14D,15D,16D,17D,18D,27D,28D,29D. The van der Waals surface area contributed by atoms with Gasteiger partial charge in [-0.05, 0) is 71.2 Å². The number of anilines is 3. The first-order valence-corrected chi connectivity index (χ1v) is 16.6. The maximum absolute atomic E-state index is 9.59. The Morgan fingerprint density at radius 3 is 1.73 bits per heavy atom. The highest BCUT2D eigenvalue weighted by atomic mass is 32.1. The van der Waals surface area contributed by atoms with Crippen molar-refractivity contribution in [2.24, 2.45) is 0 Å². The molecule has 0 aliphatic rings. The second-order valence-electron chi connectivity index (χ2n) is 11.7. The van der Waals surface area contributed by atoms with Crippen molar-refractivity contribution in [3.63, 3.8) is 0 Å². The Morgan fingerprint density at radius 2 is 0.981 bits per heavy atom.